The fraction of sp³-hybridized carbons (Fsp3) is 0.286. The zero-order valence-electron chi connectivity index (χ0n) is 20.1. The Balaban J connectivity index is 1.95. The van der Waals surface area contributed by atoms with Crippen LogP contribution in [0.25, 0.3) is 11.1 Å². The van der Waals surface area contributed by atoms with Crippen molar-refractivity contribution in [1.82, 2.24) is 0 Å². The number of aliphatic imine (C=N–C) groups is 1. The van der Waals surface area contributed by atoms with Crippen LogP contribution >= 0.6 is 0 Å². The predicted octanol–water partition coefficient (Wildman–Crippen LogP) is 4.76. The highest BCUT2D eigenvalue weighted by Crippen LogP contribution is 2.47. The molecule has 0 atom stereocenters. The van der Waals surface area contributed by atoms with Crippen LogP contribution in [0.4, 0.5) is 5.69 Å². The first-order valence-corrected chi connectivity index (χ1v) is 11.3. The molecule has 0 bridgehead atoms. The molecule has 1 aliphatic rings. The molecule has 0 aromatic heterocycles. The van der Waals surface area contributed by atoms with Gasteiger partial charge in [0.05, 0.1) is 36.7 Å². The van der Waals surface area contributed by atoms with E-state index < -0.39 is 0 Å². The average molecular weight is 459 g/mol. The maximum absolute atomic E-state index is 12.9. The second kappa shape index (κ2) is 10.5. The van der Waals surface area contributed by atoms with Crippen molar-refractivity contribution in [3.05, 3.63) is 77.4 Å². The highest BCUT2D eigenvalue weighted by molar-refractivity contribution is 6.22. The molecule has 0 saturated carbocycles. The van der Waals surface area contributed by atoms with Gasteiger partial charge in [-0.1, -0.05) is 48.5 Å². The van der Waals surface area contributed by atoms with Crippen LogP contribution < -0.4 is 14.4 Å². The van der Waals surface area contributed by atoms with Crippen molar-refractivity contribution in [2.45, 2.75) is 12.8 Å². The van der Waals surface area contributed by atoms with Crippen molar-refractivity contribution in [2.75, 3.05) is 46.4 Å². The van der Waals surface area contributed by atoms with Crippen LogP contribution in [0.2, 0.25) is 0 Å². The molecule has 0 saturated heterocycles. The standard InChI is InChI=1S/C28H30N2O4/c1-30-22-17-23(33-3)25(20-12-6-5-7-13-20)28(34-4)26(22)27(29-18-24(30)31)21-14-8-10-19(16-21)11-9-15-32-2/h5-8,10,12-14,16-17H,9,11,15,18H2,1-4H3. The van der Waals surface area contributed by atoms with Gasteiger partial charge >= 0.3 is 0 Å². The summed E-state index contributed by atoms with van der Waals surface area (Å²) >= 11 is 0. The van der Waals surface area contributed by atoms with E-state index in [-0.39, 0.29) is 12.5 Å². The summed E-state index contributed by atoms with van der Waals surface area (Å²) in [6, 6.07) is 20.2. The molecule has 0 radical (unpaired) electrons. The normalized spacial score (nSPS) is 13.2. The number of benzene rings is 3. The Kier molecular flexibility index (Phi) is 7.28. The number of fused-ring (bicyclic) bond motifs is 1. The molecule has 176 valence electrons. The summed E-state index contributed by atoms with van der Waals surface area (Å²) in [5, 5.41) is 0. The summed E-state index contributed by atoms with van der Waals surface area (Å²) in [6.45, 7) is 0.766. The lowest BCUT2D eigenvalue weighted by molar-refractivity contribution is -0.116. The number of likely N-dealkylation sites (N-methyl/N-ethyl adjacent to an activating group) is 1. The van der Waals surface area contributed by atoms with Gasteiger partial charge in [-0.15, -0.1) is 0 Å². The van der Waals surface area contributed by atoms with Crippen LogP contribution in [-0.4, -0.2) is 53.1 Å². The van der Waals surface area contributed by atoms with E-state index in [0.717, 1.165) is 40.8 Å². The van der Waals surface area contributed by atoms with E-state index >= 15 is 0 Å². The maximum Gasteiger partial charge on any atom is 0.248 e. The van der Waals surface area contributed by atoms with Crippen LogP contribution in [-0.2, 0) is 16.0 Å². The largest absolute Gasteiger partial charge is 0.496 e. The van der Waals surface area contributed by atoms with Gasteiger partial charge in [-0.05, 0) is 30.0 Å². The van der Waals surface area contributed by atoms with Gasteiger partial charge in [0.25, 0.3) is 0 Å². The topological polar surface area (TPSA) is 60.4 Å². The smallest absolute Gasteiger partial charge is 0.248 e. The van der Waals surface area contributed by atoms with E-state index in [9.17, 15) is 4.79 Å². The van der Waals surface area contributed by atoms with Gasteiger partial charge in [-0.2, -0.15) is 0 Å². The van der Waals surface area contributed by atoms with E-state index in [1.807, 2.05) is 48.5 Å². The summed E-state index contributed by atoms with van der Waals surface area (Å²) in [7, 11) is 6.76. The SMILES string of the molecule is COCCCc1cccc(C2=NCC(=O)N(C)c3cc(OC)c(-c4ccccc4)c(OC)c32)c1. The molecule has 0 aliphatic carbocycles. The average Bonchev–Trinajstić information content (AvgIpc) is 3.00. The van der Waals surface area contributed by atoms with E-state index in [4.69, 9.17) is 19.2 Å². The van der Waals surface area contributed by atoms with Crippen molar-refractivity contribution in [3.63, 3.8) is 0 Å². The molecule has 3 aromatic rings. The van der Waals surface area contributed by atoms with Crippen LogP contribution in [0.5, 0.6) is 11.5 Å². The molecule has 1 amide bonds. The van der Waals surface area contributed by atoms with E-state index in [0.29, 0.717) is 23.8 Å². The van der Waals surface area contributed by atoms with E-state index in [1.165, 1.54) is 5.56 Å². The number of hydrogen-bond donors (Lipinski definition) is 0. The van der Waals surface area contributed by atoms with Crippen molar-refractivity contribution >= 4 is 17.3 Å². The summed E-state index contributed by atoms with van der Waals surface area (Å²) in [4.78, 5) is 19.3. The van der Waals surface area contributed by atoms with E-state index in [2.05, 4.69) is 12.1 Å². The third kappa shape index (κ3) is 4.54. The fourth-order valence-corrected chi connectivity index (χ4v) is 4.35. The number of hydrogen-bond acceptors (Lipinski definition) is 5. The lowest BCUT2D eigenvalue weighted by atomic mass is 9.92. The molecule has 1 heterocycles. The Morgan fingerprint density at radius 2 is 1.68 bits per heavy atom. The van der Waals surface area contributed by atoms with Gasteiger partial charge in [-0.25, -0.2) is 0 Å². The minimum absolute atomic E-state index is 0.0561. The van der Waals surface area contributed by atoms with Crippen molar-refractivity contribution in [3.8, 4) is 22.6 Å². The van der Waals surface area contributed by atoms with Gasteiger partial charge in [0.2, 0.25) is 5.91 Å². The Morgan fingerprint density at radius 1 is 0.912 bits per heavy atom. The lowest BCUT2D eigenvalue weighted by Gasteiger charge is -2.24. The predicted molar refractivity (Wildman–Crippen MR) is 136 cm³/mol. The molecular formula is C28H30N2O4. The number of nitrogens with zero attached hydrogens (tertiary/aromatic N) is 2. The number of amides is 1. The summed E-state index contributed by atoms with van der Waals surface area (Å²) in [5.74, 6) is 1.17. The summed E-state index contributed by atoms with van der Waals surface area (Å²) in [5.41, 5.74) is 6.16. The maximum atomic E-state index is 12.9. The molecular weight excluding hydrogens is 428 g/mol. The number of rotatable bonds is 8. The third-order valence-electron chi connectivity index (χ3n) is 6.07. The molecule has 3 aromatic carbocycles. The molecule has 0 unspecified atom stereocenters. The minimum atomic E-state index is -0.0935. The molecule has 0 fully saturated rings. The number of anilines is 1. The second-order valence-corrected chi connectivity index (χ2v) is 8.16. The molecule has 0 spiro atoms. The highest BCUT2D eigenvalue weighted by Gasteiger charge is 2.30. The van der Waals surface area contributed by atoms with Crippen molar-refractivity contribution < 1.29 is 19.0 Å². The fourth-order valence-electron chi connectivity index (χ4n) is 4.35. The number of ether oxygens (including phenoxy) is 3. The van der Waals surface area contributed by atoms with Gasteiger partial charge in [-0.3, -0.25) is 9.79 Å². The molecule has 6 nitrogen and oxygen atoms in total. The molecule has 1 aliphatic heterocycles. The summed E-state index contributed by atoms with van der Waals surface area (Å²) in [6.07, 6.45) is 1.83. The van der Waals surface area contributed by atoms with Crippen LogP contribution in [0.1, 0.15) is 23.1 Å². The molecule has 34 heavy (non-hydrogen) atoms. The highest BCUT2D eigenvalue weighted by atomic mass is 16.5. The first-order valence-electron chi connectivity index (χ1n) is 11.3. The van der Waals surface area contributed by atoms with Crippen molar-refractivity contribution in [1.29, 1.82) is 0 Å². The minimum Gasteiger partial charge on any atom is -0.496 e. The number of carbonyl (C=O) groups is 1. The van der Waals surface area contributed by atoms with Crippen molar-refractivity contribution in [2.24, 2.45) is 4.99 Å². The van der Waals surface area contributed by atoms with Crippen LogP contribution in [0.3, 0.4) is 0 Å². The second-order valence-electron chi connectivity index (χ2n) is 8.16. The Labute approximate surface area is 200 Å². The number of aryl methyl sites for hydroxylation is 1. The quantitative estimate of drug-likeness (QED) is 0.457. The third-order valence-corrected chi connectivity index (χ3v) is 6.07. The zero-order valence-corrected chi connectivity index (χ0v) is 20.1. The van der Waals surface area contributed by atoms with E-state index in [1.54, 1.807) is 33.3 Å². The molecule has 0 N–H and O–H groups in total. The van der Waals surface area contributed by atoms with Crippen LogP contribution in [0.15, 0.2) is 65.7 Å². The monoisotopic (exact) mass is 458 g/mol. The first kappa shape index (κ1) is 23.5. The molecule has 4 rings (SSSR count). The molecule has 6 heteroatoms. The first-order chi connectivity index (χ1) is 16.6. The van der Waals surface area contributed by atoms with Gasteiger partial charge < -0.3 is 19.1 Å². The van der Waals surface area contributed by atoms with Gasteiger partial charge in [0, 0.05) is 32.4 Å². The Bertz CT molecular complexity index is 1200. The zero-order chi connectivity index (χ0) is 24.1. The lowest BCUT2D eigenvalue weighted by Crippen LogP contribution is -2.28. The van der Waals surface area contributed by atoms with Gasteiger partial charge in [0.1, 0.15) is 18.0 Å². The Hall–Kier alpha value is -3.64. The van der Waals surface area contributed by atoms with Crippen LogP contribution in [0, 0.1) is 0 Å². The Morgan fingerprint density at radius 3 is 2.38 bits per heavy atom. The number of methoxy groups -OCH3 is 3. The number of carbonyl (C=O) groups excluding carboxylic acids is 1. The summed E-state index contributed by atoms with van der Waals surface area (Å²) < 4.78 is 17.0. The van der Waals surface area contributed by atoms with Gasteiger partial charge in [0.15, 0.2) is 0 Å². The number of benzodiazepines with no additional fused rings is 1.